The van der Waals surface area contributed by atoms with Crippen LogP contribution >= 0.6 is 0 Å². The second-order valence-corrected chi connectivity index (χ2v) is 6.54. The highest BCUT2D eigenvalue weighted by Gasteiger charge is 2.32. The molecular formula is C18H26O3. The van der Waals surface area contributed by atoms with Gasteiger partial charge in [-0.1, -0.05) is 44.2 Å². The summed E-state index contributed by atoms with van der Waals surface area (Å²) < 4.78 is 11.3. The lowest BCUT2D eigenvalue weighted by Gasteiger charge is -2.35. The van der Waals surface area contributed by atoms with Gasteiger partial charge in [-0.2, -0.15) is 0 Å². The molecule has 1 fully saturated rings. The summed E-state index contributed by atoms with van der Waals surface area (Å²) in [4.78, 5) is 12.2. The fraction of sp³-hybridized carbons (Fsp3) is 0.611. The molecule has 0 amide bonds. The molecule has 1 atom stereocenters. The van der Waals surface area contributed by atoms with Crippen molar-refractivity contribution in [3.63, 3.8) is 0 Å². The predicted molar refractivity (Wildman–Crippen MR) is 82.9 cm³/mol. The average molecular weight is 290 g/mol. The maximum atomic E-state index is 12.2. The molecule has 0 spiro atoms. The molecule has 1 aliphatic rings. The highest BCUT2D eigenvalue weighted by atomic mass is 16.6. The van der Waals surface area contributed by atoms with Crippen molar-refractivity contribution in [1.29, 1.82) is 0 Å². The van der Waals surface area contributed by atoms with Crippen LogP contribution in [0.4, 0.5) is 0 Å². The summed E-state index contributed by atoms with van der Waals surface area (Å²) in [7, 11) is 0. The summed E-state index contributed by atoms with van der Waals surface area (Å²) in [5.74, 6) is -0.284. The summed E-state index contributed by atoms with van der Waals surface area (Å²) >= 11 is 0. The van der Waals surface area contributed by atoms with Crippen LogP contribution in [0.1, 0.15) is 58.1 Å². The topological polar surface area (TPSA) is 35.5 Å². The van der Waals surface area contributed by atoms with E-state index in [4.69, 9.17) is 9.47 Å². The number of rotatable bonds is 5. The third kappa shape index (κ3) is 4.57. The number of carbonyl (C=O) groups excluding carboxylic acids is 1. The lowest BCUT2D eigenvalue weighted by atomic mass is 9.76. The Morgan fingerprint density at radius 2 is 1.86 bits per heavy atom. The zero-order valence-corrected chi connectivity index (χ0v) is 13.3. The van der Waals surface area contributed by atoms with Crippen molar-refractivity contribution in [2.24, 2.45) is 5.41 Å². The third-order valence-electron chi connectivity index (χ3n) is 4.22. The van der Waals surface area contributed by atoms with E-state index in [9.17, 15) is 4.79 Å². The Bertz CT molecular complexity index is 443. The molecule has 0 aliphatic heterocycles. The summed E-state index contributed by atoms with van der Waals surface area (Å²) in [5.41, 5.74) is 1.27. The van der Waals surface area contributed by atoms with Gasteiger partial charge in [0.2, 0.25) is 0 Å². The predicted octanol–water partition coefficient (Wildman–Crippen LogP) is 4.28. The van der Waals surface area contributed by atoms with Crippen molar-refractivity contribution in [1.82, 2.24) is 0 Å². The smallest absolute Gasteiger partial charge is 0.339 e. The number of hydrogen-bond donors (Lipinski definition) is 0. The second-order valence-electron chi connectivity index (χ2n) is 6.54. The van der Waals surface area contributed by atoms with Gasteiger partial charge in [-0.15, -0.1) is 0 Å². The Hall–Kier alpha value is -1.35. The van der Waals surface area contributed by atoms with Gasteiger partial charge in [0.15, 0.2) is 6.10 Å². The van der Waals surface area contributed by atoms with E-state index >= 15 is 0 Å². The Balaban J connectivity index is 2.05. The van der Waals surface area contributed by atoms with Crippen LogP contribution in [-0.4, -0.2) is 18.7 Å². The molecule has 0 N–H and O–H groups in total. The normalized spacial score (nSPS) is 20.0. The molecule has 1 aromatic carbocycles. The molecule has 21 heavy (non-hydrogen) atoms. The van der Waals surface area contributed by atoms with E-state index in [1.807, 2.05) is 37.3 Å². The Labute approximate surface area is 127 Å². The quantitative estimate of drug-likeness (QED) is 0.759. The molecule has 1 aliphatic carbocycles. The molecule has 1 unspecified atom stereocenters. The molecule has 2 rings (SSSR count). The molecule has 1 aromatic rings. The first-order valence-electron chi connectivity index (χ1n) is 7.89. The minimum atomic E-state index is -0.600. The lowest BCUT2D eigenvalue weighted by molar-refractivity contribution is -0.163. The first-order chi connectivity index (χ1) is 10.0. The SMILES string of the molecule is CCOC(=O)C(OC1CCC(C)(C)CC1)c1ccccc1. The van der Waals surface area contributed by atoms with Gasteiger partial charge in [0.05, 0.1) is 12.7 Å². The van der Waals surface area contributed by atoms with E-state index < -0.39 is 6.10 Å². The maximum Gasteiger partial charge on any atom is 0.339 e. The minimum absolute atomic E-state index is 0.146. The monoisotopic (exact) mass is 290 g/mol. The molecule has 3 heteroatoms. The second kappa shape index (κ2) is 7.08. The van der Waals surface area contributed by atoms with Crippen LogP contribution in [0, 0.1) is 5.41 Å². The van der Waals surface area contributed by atoms with Crippen molar-refractivity contribution in [2.75, 3.05) is 6.61 Å². The highest BCUT2D eigenvalue weighted by Crippen LogP contribution is 2.38. The van der Waals surface area contributed by atoms with Crippen LogP contribution in [0.2, 0.25) is 0 Å². The molecular weight excluding hydrogens is 264 g/mol. The molecule has 0 aromatic heterocycles. The Morgan fingerprint density at radius 3 is 2.43 bits per heavy atom. The van der Waals surface area contributed by atoms with Crippen molar-refractivity contribution in [3.8, 4) is 0 Å². The first kappa shape index (κ1) is 16.0. The number of benzene rings is 1. The Kier molecular flexibility index (Phi) is 5.40. The van der Waals surface area contributed by atoms with Gasteiger partial charge in [-0.3, -0.25) is 0 Å². The summed E-state index contributed by atoms with van der Waals surface area (Å²) in [6.07, 6.45) is 3.85. The van der Waals surface area contributed by atoms with Gasteiger partial charge < -0.3 is 9.47 Å². The minimum Gasteiger partial charge on any atom is -0.464 e. The standard InChI is InChI=1S/C18H26O3/c1-4-20-17(19)16(14-8-6-5-7-9-14)21-15-10-12-18(2,3)13-11-15/h5-9,15-16H,4,10-13H2,1-3H3. The molecule has 0 saturated heterocycles. The lowest BCUT2D eigenvalue weighted by Crippen LogP contribution is -2.30. The first-order valence-corrected chi connectivity index (χ1v) is 7.89. The largest absolute Gasteiger partial charge is 0.464 e. The van der Waals surface area contributed by atoms with E-state index in [1.54, 1.807) is 0 Å². The van der Waals surface area contributed by atoms with Crippen molar-refractivity contribution in [3.05, 3.63) is 35.9 Å². The zero-order chi connectivity index (χ0) is 15.3. The maximum absolute atomic E-state index is 12.2. The van der Waals surface area contributed by atoms with E-state index in [0.717, 1.165) is 31.2 Å². The summed E-state index contributed by atoms with van der Waals surface area (Å²) in [6.45, 7) is 6.79. The van der Waals surface area contributed by atoms with Crippen LogP contribution in [0.15, 0.2) is 30.3 Å². The summed E-state index contributed by atoms with van der Waals surface area (Å²) in [6, 6.07) is 9.64. The molecule has 0 bridgehead atoms. The average Bonchev–Trinajstić information content (AvgIpc) is 2.47. The fourth-order valence-corrected chi connectivity index (χ4v) is 2.82. The molecule has 0 heterocycles. The third-order valence-corrected chi connectivity index (χ3v) is 4.22. The van der Waals surface area contributed by atoms with Crippen molar-refractivity contribution >= 4 is 5.97 Å². The number of esters is 1. The van der Waals surface area contributed by atoms with E-state index in [-0.39, 0.29) is 12.1 Å². The number of ether oxygens (including phenoxy) is 2. The van der Waals surface area contributed by atoms with Gasteiger partial charge in [-0.05, 0) is 43.6 Å². The van der Waals surface area contributed by atoms with E-state index in [2.05, 4.69) is 13.8 Å². The highest BCUT2D eigenvalue weighted by molar-refractivity contribution is 5.76. The van der Waals surface area contributed by atoms with Crippen LogP contribution < -0.4 is 0 Å². The van der Waals surface area contributed by atoms with Crippen molar-refractivity contribution < 1.29 is 14.3 Å². The van der Waals surface area contributed by atoms with Crippen LogP contribution in [0.25, 0.3) is 0 Å². The van der Waals surface area contributed by atoms with Gasteiger partial charge in [0.25, 0.3) is 0 Å². The fourth-order valence-electron chi connectivity index (χ4n) is 2.82. The van der Waals surface area contributed by atoms with Gasteiger partial charge in [0.1, 0.15) is 0 Å². The Morgan fingerprint density at radius 1 is 1.24 bits per heavy atom. The number of hydrogen-bond acceptors (Lipinski definition) is 3. The van der Waals surface area contributed by atoms with Gasteiger partial charge in [0, 0.05) is 0 Å². The molecule has 1 saturated carbocycles. The van der Waals surface area contributed by atoms with E-state index in [0.29, 0.717) is 12.0 Å². The van der Waals surface area contributed by atoms with Crippen molar-refractivity contribution in [2.45, 2.75) is 58.7 Å². The van der Waals surface area contributed by atoms with Crippen LogP contribution in [0.3, 0.4) is 0 Å². The number of carbonyl (C=O) groups is 1. The van der Waals surface area contributed by atoms with Gasteiger partial charge in [-0.25, -0.2) is 4.79 Å². The molecule has 3 nitrogen and oxygen atoms in total. The molecule has 0 radical (unpaired) electrons. The summed E-state index contributed by atoms with van der Waals surface area (Å²) in [5, 5.41) is 0. The van der Waals surface area contributed by atoms with Crippen LogP contribution in [0.5, 0.6) is 0 Å². The zero-order valence-electron chi connectivity index (χ0n) is 13.3. The molecule has 116 valence electrons. The van der Waals surface area contributed by atoms with Gasteiger partial charge >= 0.3 is 5.97 Å². The van der Waals surface area contributed by atoms with E-state index in [1.165, 1.54) is 0 Å². The van der Waals surface area contributed by atoms with Crippen LogP contribution in [-0.2, 0) is 14.3 Å².